The van der Waals surface area contributed by atoms with Crippen molar-refractivity contribution < 1.29 is 0 Å². The quantitative estimate of drug-likeness (QED) is 0.620. The molecule has 1 aromatic carbocycles. The molecule has 12 heavy (non-hydrogen) atoms. The maximum atomic E-state index is 6.00. The van der Waals surface area contributed by atoms with E-state index < -0.39 is 0 Å². The molecule has 0 saturated carbocycles. The van der Waals surface area contributed by atoms with Crippen LogP contribution in [0.25, 0.3) is 10.9 Å². The average molecular weight is 198 g/mol. The SMILES string of the molecule is Cn1cc(Cl)c2cccc(S)c21. The lowest BCUT2D eigenvalue weighted by atomic mass is 10.2. The molecule has 62 valence electrons. The first-order chi connectivity index (χ1) is 5.70. The molecule has 0 saturated heterocycles. The molecule has 0 bridgehead atoms. The number of hydrogen-bond acceptors (Lipinski definition) is 1. The smallest absolute Gasteiger partial charge is 0.0661 e. The topological polar surface area (TPSA) is 4.93 Å². The number of nitrogens with zero attached hydrogens (tertiary/aromatic N) is 1. The minimum Gasteiger partial charge on any atom is -0.348 e. The van der Waals surface area contributed by atoms with E-state index in [0.717, 1.165) is 20.8 Å². The molecular weight excluding hydrogens is 190 g/mol. The van der Waals surface area contributed by atoms with Crippen LogP contribution in [0, 0.1) is 0 Å². The fourth-order valence-corrected chi connectivity index (χ4v) is 2.06. The highest BCUT2D eigenvalue weighted by Gasteiger charge is 2.05. The van der Waals surface area contributed by atoms with Gasteiger partial charge >= 0.3 is 0 Å². The molecule has 2 aromatic rings. The number of rotatable bonds is 0. The third-order valence-corrected chi connectivity index (χ3v) is 2.59. The number of aryl methyl sites for hydroxylation is 1. The Morgan fingerprint density at radius 1 is 1.42 bits per heavy atom. The van der Waals surface area contributed by atoms with Crippen LogP contribution in [0.3, 0.4) is 0 Å². The van der Waals surface area contributed by atoms with Gasteiger partial charge in [-0.25, -0.2) is 0 Å². The molecule has 0 spiro atoms. The summed E-state index contributed by atoms with van der Waals surface area (Å²) in [5, 5.41) is 1.84. The molecule has 0 atom stereocenters. The Morgan fingerprint density at radius 3 is 2.83 bits per heavy atom. The predicted octanol–water partition coefficient (Wildman–Crippen LogP) is 3.12. The molecule has 0 aliphatic carbocycles. The molecule has 2 rings (SSSR count). The van der Waals surface area contributed by atoms with E-state index in [2.05, 4.69) is 12.6 Å². The van der Waals surface area contributed by atoms with Gasteiger partial charge in [0.05, 0.1) is 10.5 Å². The Bertz CT molecular complexity index is 433. The van der Waals surface area contributed by atoms with Gasteiger partial charge in [-0.15, -0.1) is 12.6 Å². The van der Waals surface area contributed by atoms with Gasteiger partial charge in [0, 0.05) is 23.5 Å². The minimum absolute atomic E-state index is 0.781. The highest BCUT2D eigenvalue weighted by Crippen LogP contribution is 2.28. The maximum Gasteiger partial charge on any atom is 0.0661 e. The molecule has 3 heteroatoms. The van der Waals surface area contributed by atoms with E-state index in [1.807, 2.05) is 36.0 Å². The Kier molecular flexibility index (Phi) is 1.81. The van der Waals surface area contributed by atoms with Crippen LogP contribution in [0.1, 0.15) is 0 Å². The number of fused-ring (bicyclic) bond motifs is 1. The largest absolute Gasteiger partial charge is 0.348 e. The Labute approximate surface area is 81.4 Å². The molecule has 1 nitrogen and oxygen atoms in total. The van der Waals surface area contributed by atoms with Crippen molar-refractivity contribution in [1.82, 2.24) is 4.57 Å². The number of benzene rings is 1. The average Bonchev–Trinajstić information content (AvgIpc) is 2.29. The predicted molar refractivity (Wildman–Crippen MR) is 55.2 cm³/mol. The normalized spacial score (nSPS) is 10.9. The van der Waals surface area contributed by atoms with E-state index in [4.69, 9.17) is 11.6 Å². The van der Waals surface area contributed by atoms with Crippen LogP contribution in [0.2, 0.25) is 5.02 Å². The van der Waals surface area contributed by atoms with Crippen LogP contribution >= 0.6 is 24.2 Å². The zero-order chi connectivity index (χ0) is 8.72. The molecule has 0 N–H and O–H groups in total. The van der Waals surface area contributed by atoms with Gasteiger partial charge in [-0.05, 0) is 6.07 Å². The first-order valence-corrected chi connectivity index (χ1v) is 4.45. The molecule has 0 unspecified atom stereocenters. The molecule has 0 radical (unpaired) electrons. The van der Waals surface area contributed by atoms with Gasteiger partial charge in [0.2, 0.25) is 0 Å². The van der Waals surface area contributed by atoms with Crippen LogP contribution in [-0.4, -0.2) is 4.57 Å². The summed E-state index contributed by atoms with van der Waals surface area (Å²) in [4.78, 5) is 0.960. The van der Waals surface area contributed by atoms with Gasteiger partial charge < -0.3 is 4.57 Å². The summed E-state index contributed by atoms with van der Waals surface area (Å²) in [5.74, 6) is 0. The van der Waals surface area contributed by atoms with E-state index in [0.29, 0.717) is 0 Å². The highest BCUT2D eigenvalue weighted by molar-refractivity contribution is 7.80. The fourth-order valence-electron chi connectivity index (χ4n) is 1.40. The first-order valence-electron chi connectivity index (χ1n) is 3.62. The number of aromatic nitrogens is 1. The Balaban J connectivity index is 2.99. The van der Waals surface area contributed by atoms with Crippen molar-refractivity contribution in [3.63, 3.8) is 0 Å². The van der Waals surface area contributed by atoms with Gasteiger partial charge in [-0.2, -0.15) is 0 Å². The second kappa shape index (κ2) is 2.71. The lowest BCUT2D eigenvalue weighted by Crippen LogP contribution is -1.84. The van der Waals surface area contributed by atoms with E-state index in [1.165, 1.54) is 0 Å². The zero-order valence-electron chi connectivity index (χ0n) is 6.58. The van der Waals surface area contributed by atoms with Crippen molar-refractivity contribution in [1.29, 1.82) is 0 Å². The highest BCUT2D eigenvalue weighted by atomic mass is 35.5. The van der Waals surface area contributed by atoms with E-state index in [9.17, 15) is 0 Å². The zero-order valence-corrected chi connectivity index (χ0v) is 8.23. The standard InChI is InChI=1S/C9H8ClNS/c1-11-5-7(10)6-3-2-4-8(12)9(6)11/h2-5,12H,1H3. The Morgan fingerprint density at radius 2 is 2.17 bits per heavy atom. The molecule has 1 heterocycles. The summed E-state index contributed by atoms with van der Waals surface area (Å²) in [6.45, 7) is 0. The summed E-state index contributed by atoms with van der Waals surface area (Å²) >= 11 is 10.3. The fraction of sp³-hybridized carbons (Fsp3) is 0.111. The van der Waals surface area contributed by atoms with Crippen LogP contribution < -0.4 is 0 Å². The van der Waals surface area contributed by atoms with Gasteiger partial charge in [-0.3, -0.25) is 0 Å². The molecule has 0 amide bonds. The number of hydrogen-bond donors (Lipinski definition) is 1. The van der Waals surface area contributed by atoms with Crippen LogP contribution in [0.4, 0.5) is 0 Å². The van der Waals surface area contributed by atoms with Crippen molar-refractivity contribution in [3.05, 3.63) is 29.4 Å². The van der Waals surface area contributed by atoms with Crippen molar-refractivity contribution in [3.8, 4) is 0 Å². The van der Waals surface area contributed by atoms with E-state index in [-0.39, 0.29) is 0 Å². The summed E-state index contributed by atoms with van der Waals surface area (Å²) < 4.78 is 1.99. The summed E-state index contributed by atoms with van der Waals surface area (Å²) in [5.41, 5.74) is 1.09. The van der Waals surface area contributed by atoms with Crippen molar-refractivity contribution in [2.75, 3.05) is 0 Å². The third-order valence-electron chi connectivity index (χ3n) is 1.93. The van der Waals surface area contributed by atoms with Crippen molar-refractivity contribution >= 4 is 35.1 Å². The summed E-state index contributed by atoms with van der Waals surface area (Å²) in [7, 11) is 1.97. The van der Waals surface area contributed by atoms with E-state index in [1.54, 1.807) is 0 Å². The molecular formula is C9H8ClNS. The number of halogens is 1. The number of para-hydroxylation sites is 1. The third kappa shape index (κ3) is 1.03. The second-order valence-electron chi connectivity index (χ2n) is 2.76. The number of thiol groups is 1. The Hall–Kier alpha value is -0.600. The lowest BCUT2D eigenvalue weighted by Gasteiger charge is -1.98. The van der Waals surface area contributed by atoms with Gasteiger partial charge in [-0.1, -0.05) is 23.7 Å². The molecule has 0 aliphatic rings. The van der Waals surface area contributed by atoms with Crippen LogP contribution in [0.5, 0.6) is 0 Å². The monoisotopic (exact) mass is 197 g/mol. The van der Waals surface area contributed by atoms with Gasteiger partial charge in [0.25, 0.3) is 0 Å². The second-order valence-corrected chi connectivity index (χ2v) is 3.65. The minimum atomic E-state index is 0.781. The maximum absolute atomic E-state index is 6.00. The lowest BCUT2D eigenvalue weighted by molar-refractivity contribution is 0.959. The van der Waals surface area contributed by atoms with Crippen molar-refractivity contribution in [2.24, 2.45) is 7.05 Å². The van der Waals surface area contributed by atoms with E-state index >= 15 is 0 Å². The van der Waals surface area contributed by atoms with Gasteiger partial charge in [0.15, 0.2) is 0 Å². The summed E-state index contributed by atoms with van der Waals surface area (Å²) in [6, 6.07) is 5.91. The molecule has 1 aromatic heterocycles. The molecule has 0 aliphatic heterocycles. The van der Waals surface area contributed by atoms with Crippen LogP contribution in [-0.2, 0) is 7.05 Å². The van der Waals surface area contributed by atoms with Crippen molar-refractivity contribution in [2.45, 2.75) is 4.90 Å². The first kappa shape index (κ1) is 8.02. The van der Waals surface area contributed by atoms with Crippen LogP contribution in [0.15, 0.2) is 29.3 Å². The van der Waals surface area contributed by atoms with Gasteiger partial charge in [0.1, 0.15) is 0 Å². The summed E-state index contributed by atoms with van der Waals surface area (Å²) in [6.07, 6.45) is 1.89. The molecule has 0 fully saturated rings.